The predicted octanol–water partition coefficient (Wildman–Crippen LogP) is 1.05. The maximum atomic E-state index is 11.6. The van der Waals surface area contributed by atoms with Crippen LogP contribution >= 0.6 is 11.8 Å². The van der Waals surface area contributed by atoms with Gasteiger partial charge in [0.25, 0.3) is 0 Å². The summed E-state index contributed by atoms with van der Waals surface area (Å²) < 4.78 is 25.9. The van der Waals surface area contributed by atoms with Crippen LogP contribution in [0.1, 0.15) is 27.2 Å². The summed E-state index contributed by atoms with van der Waals surface area (Å²) >= 11 is 1.75. The summed E-state index contributed by atoms with van der Waals surface area (Å²) in [7, 11) is -3.12. The van der Waals surface area contributed by atoms with Crippen LogP contribution in [0.2, 0.25) is 0 Å². The Labute approximate surface area is 104 Å². The molecule has 0 heterocycles. The van der Waals surface area contributed by atoms with Gasteiger partial charge in [0, 0.05) is 18.3 Å². The molecule has 0 bridgehead atoms. The summed E-state index contributed by atoms with van der Waals surface area (Å²) in [5, 5.41) is 3.08. The summed E-state index contributed by atoms with van der Waals surface area (Å²) in [4.78, 5) is 0. The molecule has 0 aromatic carbocycles. The zero-order valence-electron chi connectivity index (χ0n) is 10.5. The molecule has 0 aromatic heterocycles. The van der Waals surface area contributed by atoms with E-state index in [1.165, 1.54) is 0 Å². The van der Waals surface area contributed by atoms with E-state index >= 15 is 0 Å². The van der Waals surface area contributed by atoms with Gasteiger partial charge in [0.1, 0.15) is 0 Å². The SMILES string of the molecule is CCCNCCS(=O)(=O)NC(C)CSCC. The van der Waals surface area contributed by atoms with Crippen LogP contribution in [0, 0.1) is 0 Å². The zero-order valence-corrected chi connectivity index (χ0v) is 12.1. The van der Waals surface area contributed by atoms with Crippen LogP contribution in [-0.2, 0) is 10.0 Å². The second-order valence-corrected chi connectivity index (χ2v) is 6.94. The first-order valence-corrected chi connectivity index (χ1v) is 8.61. The predicted molar refractivity (Wildman–Crippen MR) is 72.5 cm³/mol. The highest BCUT2D eigenvalue weighted by Gasteiger charge is 2.13. The molecule has 1 atom stereocenters. The van der Waals surface area contributed by atoms with Crippen LogP contribution in [0.15, 0.2) is 0 Å². The van der Waals surface area contributed by atoms with Crippen molar-refractivity contribution in [1.29, 1.82) is 0 Å². The van der Waals surface area contributed by atoms with Gasteiger partial charge in [0.05, 0.1) is 5.75 Å². The highest BCUT2D eigenvalue weighted by atomic mass is 32.2. The third-order valence-corrected chi connectivity index (χ3v) is 4.57. The maximum absolute atomic E-state index is 11.6. The van der Waals surface area contributed by atoms with Gasteiger partial charge in [-0.1, -0.05) is 13.8 Å². The van der Waals surface area contributed by atoms with E-state index in [-0.39, 0.29) is 11.8 Å². The molecule has 16 heavy (non-hydrogen) atoms. The number of thioether (sulfide) groups is 1. The lowest BCUT2D eigenvalue weighted by atomic mass is 10.4. The highest BCUT2D eigenvalue weighted by Crippen LogP contribution is 2.02. The molecule has 0 rings (SSSR count). The van der Waals surface area contributed by atoms with Crippen molar-refractivity contribution < 1.29 is 8.42 Å². The molecular formula is C10H24N2O2S2. The average Bonchev–Trinajstić information content (AvgIpc) is 2.21. The van der Waals surface area contributed by atoms with Crippen LogP contribution in [0.3, 0.4) is 0 Å². The van der Waals surface area contributed by atoms with Crippen molar-refractivity contribution >= 4 is 21.8 Å². The molecule has 0 aliphatic carbocycles. The van der Waals surface area contributed by atoms with Gasteiger partial charge in [-0.2, -0.15) is 11.8 Å². The molecule has 0 saturated carbocycles. The van der Waals surface area contributed by atoms with E-state index in [2.05, 4.69) is 23.9 Å². The molecule has 0 aliphatic heterocycles. The Morgan fingerprint density at radius 2 is 1.94 bits per heavy atom. The Bertz CT molecular complexity index is 256. The van der Waals surface area contributed by atoms with Crippen molar-refractivity contribution in [3.63, 3.8) is 0 Å². The zero-order chi connectivity index (χ0) is 12.4. The van der Waals surface area contributed by atoms with Gasteiger partial charge in [-0.05, 0) is 25.6 Å². The van der Waals surface area contributed by atoms with Gasteiger partial charge in [-0.25, -0.2) is 13.1 Å². The number of sulfonamides is 1. The first kappa shape index (κ1) is 16.2. The van der Waals surface area contributed by atoms with Crippen LogP contribution in [0.4, 0.5) is 0 Å². The Balaban J connectivity index is 3.76. The lowest BCUT2D eigenvalue weighted by Crippen LogP contribution is -2.38. The molecule has 98 valence electrons. The third-order valence-electron chi connectivity index (χ3n) is 1.93. The van der Waals surface area contributed by atoms with Gasteiger partial charge in [0.2, 0.25) is 10.0 Å². The molecular weight excluding hydrogens is 244 g/mol. The van der Waals surface area contributed by atoms with E-state index in [0.29, 0.717) is 6.54 Å². The topological polar surface area (TPSA) is 58.2 Å². The molecule has 2 N–H and O–H groups in total. The normalized spacial score (nSPS) is 13.9. The Morgan fingerprint density at radius 1 is 1.25 bits per heavy atom. The second kappa shape index (κ2) is 9.27. The van der Waals surface area contributed by atoms with Gasteiger partial charge in [-0.3, -0.25) is 0 Å². The molecule has 6 heteroatoms. The molecule has 0 fully saturated rings. The number of hydrogen-bond donors (Lipinski definition) is 2. The van der Waals surface area contributed by atoms with Crippen molar-refractivity contribution in [3.8, 4) is 0 Å². The fourth-order valence-corrected chi connectivity index (χ4v) is 3.21. The standard InChI is InChI=1S/C10H24N2O2S2/c1-4-6-11-7-8-16(13,14)12-10(3)9-15-5-2/h10-12H,4-9H2,1-3H3. The average molecular weight is 268 g/mol. The second-order valence-electron chi connectivity index (χ2n) is 3.75. The minimum Gasteiger partial charge on any atom is -0.316 e. The minimum atomic E-state index is -3.12. The van der Waals surface area contributed by atoms with Crippen LogP contribution in [0.25, 0.3) is 0 Å². The van der Waals surface area contributed by atoms with Gasteiger partial charge >= 0.3 is 0 Å². The minimum absolute atomic E-state index is 0.0149. The molecule has 0 spiro atoms. The molecule has 0 aliphatic rings. The van der Waals surface area contributed by atoms with Crippen LogP contribution in [-0.4, -0.2) is 44.8 Å². The van der Waals surface area contributed by atoms with Gasteiger partial charge in [0.15, 0.2) is 0 Å². The van der Waals surface area contributed by atoms with Crippen molar-refractivity contribution in [2.45, 2.75) is 33.2 Å². The maximum Gasteiger partial charge on any atom is 0.213 e. The summed E-state index contributed by atoms with van der Waals surface area (Å²) in [6.07, 6.45) is 1.02. The molecule has 0 amide bonds. The molecule has 0 radical (unpaired) electrons. The quantitative estimate of drug-likeness (QED) is 0.581. The summed E-state index contributed by atoms with van der Waals surface area (Å²) in [5.41, 5.74) is 0. The van der Waals surface area contributed by atoms with E-state index in [1.54, 1.807) is 11.8 Å². The van der Waals surface area contributed by atoms with E-state index in [9.17, 15) is 8.42 Å². The van der Waals surface area contributed by atoms with E-state index < -0.39 is 10.0 Å². The van der Waals surface area contributed by atoms with Crippen LogP contribution in [0.5, 0.6) is 0 Å². The van der Waals surface area contributed by atoms with Crippen molar-refractivity contribution in [2.24, 2.45) is 0 Å². The van der Waals surface area contributed by atoms with E-state index in [0.717, 1.165) is 24.5 Å². The number of hydrogen-bond acceptors (Lipinski definition) is 4. The lowest BCUT2D eigenvalue weighted by molar-refractivity contribution is 0.566. The van der Waals surface area contributed by atoms with Crippen molar-refractivity contribution in [1.82, 2.24) is 10.0 Å². The summed E-state index contributed by atoms with van der Waals surface area (Å²) in [6, 6.07) is 0.0149. The molecule has 0 aromatic rings. The molecule has 4 nitrogen and oxygen atoms in total. The van der Waals surface area contributed by atoms with Gasteiger partial charge < -0.3 is 5.32 Å². The van der Waals surface area contributed by atoms with E-state index in [4.69, 9.17) is 0 Å². The number of nitrogens with one attached hydrogen (secondary N) is 2. The monoisotopic (exact) mass is 268 g/mol. The van der Waals surface area contributed by atoms with Gasteiger partial charge in [-0.15, -0.1) is 0 Å². The third kappa shape index (κ3) is 9.45. The lowest BCUT2D eigenvalue weighted by Gasteiger charge is -2.13. The summed E-state index contributed by atoms with van der Waals surface area (Å²) in [6.45, 7) is 7.43. The molecule has 1 unspecified atom stereocenters. The Hall–Kier alpha value is 0.220. The molecule has 0 saturated heterocycles. The Morgan fingerprint density at radius 3 is 2.50 bits per heavy atom. The van der Waals surface area contributed by atoms with Crippen molar-refractivity contribution in [3.05, 3.63) is 0 Å². The fraction of sp³-hybridized carbons (Fsp3) is 1.00. The first-order chi connectivity index (χ1) is 7.52. The summed E-state index contributed by atoms with van der Waals surface area (Å²) in [5.74, 6) is 2.01. The van der Waals surface area contributed by atoms with Crippen molar-refractivity contribution in [2.75, 3.05) is 30.3 Å². The number of rotatable bonds is 10. The smallest absolute Gasteiger partial charge is 0.213 e. The fourth-order valence-electron chi connectivity index (χ4n) is 1.20. The Kier molecular flexibility index (Phi) is 9.40. The highest BCUT2D eigenvalue weighted by molar-refractivity contribution is 7.99. The van der Waals surface area contributed by atoms with Crippen LogP contribution < -0.4 is 10.0 Å². The van der Waals surface area contributed by atoms with E-state index in [1.807, 2.05) is 6.92 Å². The largest absolute Gasteiger partial charge is 0.316 e. The first-order valence-electron chi connectivity index (χ1n) is 5.80.